The van der Waals surface area contributed by atoms with Gasteiger partial charge in [-0.25, -0.2) is 13.2 Å². The average Bonchev–Trinajstić information content (AvgIpc) is 3.32. The van der Waals surface area contributed by atoms with E-state index in [1.165, 1.54) is 16.8 Å². The van der Waals surface area contributed by atoms with Gasteiger partial charge in [0, 0.05) is 37.4 Å². The van der Waals surface area contributed by atoms with Crippen LogP contribution in [0.4, 0.5) is 0 Å². The number of aromatic nitrogens is 2. The Bertz CT molecular complexity index is 1250. The third-order valence-corrected chi connectivity index (χ3v) is 8.10. The molecule has 0 radical (unpaired) electrons. The SMILES string of the molecule is O=c1ccn(COCCCS(=O)(=O)N2CCC[C@@H]2C(c2ccccc2)c2ccccc2)c(=O)[nH]1. The highest BCUT2D eigenvalue weighted by atomic mass is 32.2. The molecule has 0 saturated carbocycles. The van der Waals surface area contributed by atoms with Gasteiger partial charge in [-0.15, -0.1) is 0 Å². The Kier molecular flexibility index (Phi) is 7.77. The minimum Gasteiger partial charge on any atom is -0.361 e. The molecule has 180 valence electrons. The number of rotatable bonds is 10. The summed E-state index contributed by atoms with van der Waals surface area (Å²) in [5.41, 5.74) is 1.18. The lowest BCUT2D eigenvalue weighted by Crippen LogP contribution is -2.41. The van der Waals surface area contributed by atoms with E-state index in [1.54, 1.807) is 4.31 Å². The van der Waals surface area contributed by atoms with E-state index in [4.69, 9.17) is 4.74 Å². The molecule has 2 aromatic carbocycles. The molecule has 8 nitrogen and oxygen atoms in total. The molecule has 1 saturated heterocycles. The molecular weight excluding hydrogens is 454 g/mol. The van der Waals surface area contributed by atoms with E-state index in [2.05, 4.69) is 29.2 Å². The zero-order valence-corrected chi connectivity index (χ0v) is 19.7. The Labute approximate surface area is 198 Å². The summed E-state index contributed by atoms with van der Waals surface area (Å²) < 4.78 is 35.0. The minimum absolute atomic E-state index is 0.0275. The van der Waals surface area contributed by atoms with E-state index in [9.17, 15) is 18.0 Å². The van der Waals surface area contributed by atoms with E-state index in [-0.39, 0.29) is 31.1 Å². The predicted octanol–water partition coefficient (Wildman–Crippen LogP) is 2.53. The quantitative estimate of drug-likeness (QED) is 0.447. The van der Waals surface area contributed by atoms with E-state index in [1.807, 2.05) is 36.4 Å². The van der Waals surface area contributed by atoms with Crippen LogP contribution < -0.4 is 11.2 Å². The minimum atomic E-state index is -3.49. The van der Waals surface area contributed by atoms with Crippen molar-refractivity contribution >= 4 is 10.0 Å². The van der Waals surface area contributed by atoms with Crippen LogP contribution in [-0.4, -0.2) is 47.2 Å². The Hall–Kier alpha value is -3.01. The van der Waals surface area contributed by atoms with Crippen molar-refractivity contribution in [2.45, 2.75) is 38.0 Å². The van der Waals surface area contributed by atoms with Gasteiger partial charge in [0.15, 0.2) is 0 Å². The second kappa shape index (κ2) is 10.9. The van der Waals surface area contributed by atoms with E-state index in [0.29, 0.717) is 13.0 Å². The Morgan fingerprint density at radius 2 is 1.62 bits per heavy atom. The maximum Gasteiger partial charge on any atom is 0.330 e. The van der Waals surface area contributed by atoms with Crippen molar-refractivity contribution < 1.29 is 13.2 Å². The lowest BCUT2D eigenvalue weighted by atomic mass is 9.84. The van der Waals surface area contributed by atoms with E-state index >= 15 is 0 Å². The summed E-state index contributed by atoms with van der Waals surface area (Å²) in [5.74, 6) is -0.0663. The summed E-state index contributed by atoms with van der Waals surface area (Å²) in [4.78, 5) is 25.0. The second-order valence-electron chi connectivity index (χ2n) is 8.41. The van der Waals surface area contributed by atoms with Crippen LogP contribution in [0.25, 0.3) is 0 Å². The third kappa shape index (κ3) is 5.72. The molecule has 1 atom stereocenters. The van der Waals surface area contributed by atoms with E-state index < -0.39 is 21.3 Å². The summed E-state index contributed by atoms with van der Waals surface area (Å²) in [6.45, 7) is 0.646. The van der Waals surface area contributed by atoms with Gasteiger partial charge < -0.3 is 4.74 Å². The van der Waals surface area contributed by atoms with Crippen LogP contribution >= 0.6 is 0 Å². The highest BCUT2D eigenvalue weighted by molar-refractivity contribution is 7.89. The van der Waals surface area contributed by atoms with Crippen LogP contribution in [-0.2, 0) is 21.5 Å². The molecule has 0 unspecified atom stereocenters. The van der Waals surface area contributed by atoms with Crippen molar-refractivity contribution in [1.82, 2.24) is 13.9 Å². The van der Waals surface area contributed by atoms with Gasteiger partial charge >= 0.3 is 5.69 Å². The zero-order chi connectivity index (χ0) is 24.0. The van der Waals surface area contributed by atoms with Crippen molar-refractivity contribution in [3.63, 3.8) is 0 Å². The number of H-pyrrole nitrogens is 1. The van der Waals surface area contributed by atoms with Crippen molar-refractivity contribution in [2.24, 2.45) is 0 Å². The predicted molar refractivity (Wildman–Crippen MR) is 130 cm³/mol. The first-order chi connectivity index (χ1) is 16.5. The zero-order valence-electron chi connectivity index (χ0n) is 18.9. The van der Waals surface area contributed by atoms with Gasteiger partial charge in [-0.1, -0.05) is 60.7 Å². The van der Waals surface area contributed by atoms with Gasteiger partial charge in [0.2, 0.25) is 10.0 Å². The molecule has 4 rings (SSSR count). The molecule has 0 aliphatic carbocycles. The van der Waals surface area contributed by atoms with Crippen LogP contribution in [0.5, 0.6) is 0 Å². The smallest absolute Gasteiger partial charge is 0.330 e. The van der Waals surface area contributed by atoms with Gasteiger partial charge in [0.05, 0.1) is 5.75 Å². The highest BCUT2D eigenvalue weighted by Gasteiger charge is 2.39. The number of sulfonamides is 1. The normalized spacial score (nSPS) is 16.8. The fraction of sp³-hybridized carbons (Fsp3) is 0.360. The molecule has 2 heterocycles. The summed E-state index contributed by atoms with van der Waals surface area (Å²) in [6.07, 6.45) is 3.29. The van der Waals surface area contributed by atoms with Gasteiger partial charge in [-0.05, 0) is 30.4 Å². The number of hydrogen-bond donors (Lipinski definition) is 1. The van der Waals surface area contributed by atoms with Crippen molar-refractivity contribution in [1.29, 1.82) is 0 Å². The average molecular weight is 484 g/mol. The number of nitrogens with zero attached hydrogens (tertiary/aromatic N) is 2. The Balaban J connectivity index is 1.42. The monoisotopic (exact) mass is 483 g/mol. The summed E-state index contributed by atoms with van der Waals surface area (Å²) in [5, 5.41) is 0. The standard InChI is InChI=1S/C25H29N3O5S/c29-23-14-16-27(25(30)26-23)19-33-17-8-18-34(31,32)28-15-7-13-22(28)24(20-9-3-1-4-10-20)21-11-5-2-6-12-21/h1-6,9-12,14,16,22,24H,7-8,13,15,17-19H2,(H,26,29,30)/t22-/m1/s1. The first-order valence-electron chi connectivity index (χ1n) is 11.4. The molecule has 1 fully saturated rings. The number of hydrogen-bond acceptors (Lipinski definition) is 5. The summed E-state index contributed by atoms with van der Waals surface area (Å²) in [6, 6.07) is 21.2. The Morgan fingerprint density at radius 1 is 0.971 bits per heavy atom. The van der Waals surface area contributed by atoms with Gasteiger partial charge in [0.1, 0.15) is 6.73 Å². The van der Waals surface area contributed by atoms with Gasteiger partial charge in [-0.3, -0.25) is 14.3 Å². The maximum atomic E-state index is 13.3. The molecule has 0 bridgehead atoms. The second-order valence-corrected chi connectivity index (χ2v) is 10.4. The molecular formula is C25H29N3O5S. The van der Waals surface area contributed by atoms with Crippen LogP contribution in [0, 0.1) is 0 Å². The van der Waals surface area contributed by atoms with Crippen molar-refractivity contribution in [3.05, 3.63) is 105 Å². The van der Waals surface area contributed by atoms with Crippen molar-refractivity contribution in [2.75, 3.05) is 18.9 Å². The van der Waals surface area contributed by atoms with Crippen LogP contribution in [0.1, 0.15) is 36.3 Å². The molecule has 1 aliphatic rings. The number of aromatic amines is 1. The molecule has 3 aromatic rings. The number of benzene rings is 2. The van der Waals surface area contributed by atoms with Gasteiger partial charge in [0.25, 0.3) is 5.56 Å². The van der Waals surface area contributed by atoms with Crippen LogP contribution in [0.2, 0.25) is 0 Å². The Morgan fingerprint density at radius 3 is 2.24 bits per heavy atom. The summed E-state index contributed by atoms with van der Waals surface area (Å²) >= 11 is 0. The fourth-order valence-corrected chi connectivity index (χ4v) is 6.34. The van der Waals surface area contributed by atoms with Crippen LogP contribution in [0.15, 0.2) is 82.5 Å². The largest absolute Gasteiger partial charge is 0.361 e. The molecule has 9 heteroatoms. The first-order valence-corrected chi connectivity index (χ1v) is 13.0. The topological polar surface area (TPSA) is 101 Å². The molecule has 1 aromatic heterocycles. The highest BCUT2D eigenvalue weighted by Crippen LogP contribution is 2.37. The lowest BCUT2D eigenvalue weighted by molar-refractivity contribution is 0.0743. The molecule has 34 heavy (non-hydrogen) atoms. The molecule has 0 amide bonds. The molecule has 0 spiro atoms. The fourth-order valence-electron chi connectivity index (χ4n) is 4.57. The first kappa shape index (κ1) is 24.1. The third-order valence-electron chi connectivity index (χ3n) is 6.13. The van der Waals surface area contributed by atoms with Gasteiger partial charge in [-0.2, -0.15) is 4.31 Å². The number of nitrogens with one attached hydrogen (secondary N) is 1. The summed E-state index contributed by atoms with van der Waals surface area (Å²) in [7, 11) is -3.49. The van der Waals surface area contributed by atoms with Crippen LogP contribution in [0.3, 0.4) is 0 Å². The molecule has 1 N–H and O–H groups in total. The lowest BCUT2D eigenvalue weighted by Gasteiger charge is -2.32. The number of ether oxygens (including phenoxy) is 1. The van der Waals surface area contributed by atoms with Crippen molar-refractivity contribution in [3.8, 4) is 0 Å². The maximum absolute atomic E-state index is 13.3. The van der Waals surface area contributed by atoms with E-state index in [0.717, 1.165) is 24.0 Å². The molecule has 1 aliphatic heterocycles.